The highest BCUT2D eigenvalue weighted by Gasteiger charge is 2.66. The molecular formula is C9H19NS. The number of hydrogen-bond acceptors (Lipinski definition) is 2. The topological polar surface area (TPSA) is 26.0 Å². The van der Waals surface area contributed by atoms with Crippen LogP contribution in [0.3, 0.4) is 0 Å². The smallest absolute Gasteiger partial charge is 0.0327 e. The van der Waals surface area contributed by atoms with Crippen LogP contribution in [0.5, 0.6) is 0 Å². The largest absolute Gasteiger partial charge is 0.324 e. The van der Waals surface area contributed by atoms with Gasteiger partial charge in [0.05, 0.1) is 0 Å². The summed E-state index contributed by atoms with van der Waals surface area (Å²) in [6, 6.07) is 0. The van der Waals surface area contributed by atoms with Gasteiger partial charge in [0.1, 0.15) is 0 Å². The molecule has 0 radical (unpaired) electrons. The Morgan fingerprint density at radius 1 is 1.18 bits per heavy atom. The Bertz CT molecular complexity index is 164. The quantitative estimate of drug-likeness (QED) is 0.539. The number of rotatable bonds is 0. The van der Waals surface area contributed by atoms with Gasteiger partial charge in [-0.25, -0.2) is 0 Å². The van der Waals surface area contributed by atoms with E-state index in [-0.39, 0.29) is 15.7 Å². The molecule has 0 heterocycles. The summed E-state index contributed by atoms with van der Waals surface area (Å²) in [5.41, 5.74) is 6.25. The molecule has 1 rings (SSSR count). The summed E-state index contributed by atoms with van der Waals surface area (Å²) in [5.74, 6) is 0.577. The molecule has 1 aliphatic rings. The van der Waals surface area contributed by atoms with E-state index in [1.165, 1.54) is 0 Å². The molecule has 0 saturated heterocycles. The van der Waals surface area contributed by atoms with Crippen molar-refractivity contribution < 1.29 is 0 Å². The molecule has 3 atom stereocenters. The lowest BCUT2D eigenvalue weighted by Gasteiger charge is -2.68. The molecule has 0 aromatic heterocycles. The highest BCUT2D eigenvalue weighted by Crippen LogP contribution is 2.61. The van der Waals surface area contributed by atoms with E-state index in [1.807, 2.05) is 0 Å². The van der Waals surface area contributed by atoms with Gasteiger partial charge in [0, 0.05) is 10.3 Å². The van der Waals surface area contributed by atoms with E-state index in [0.29, 0.717) is 5.92 Å². The van der Waals surface area contributed by atoms with Crippen LogP contribution in [-0.2, 0) is 0 Å². The summed E-state index contributed by atoms with van der Waals surface area (Å²) in [4.78, 5) is 0. The van der Waals surface area contributed by atoms with Gasteiger partial charge < -0.3 is 5.73 Å². The van der Waals surface area contributed by atoms with E-state index >= 15 is 0 Å². The fraction of sp³-hybridized carbons (Fsp3) is 1.00. The molecule has 0 aromatic rings. The van der Waals surface area contributed by atoms with Crippen molar-refractivity contribution in [1.82, 2.24) is 0 Å². The Morgan fingerprint density at radius 2 is 1.55 bits per heavy atom. The van der Waals surface area contributed by atoms with E-state index in [1.54, 1.807) is 0 Å². The molecule has 0 spiro atoms. The summed E-state index contributed by atoms with van der Waals surface area (Å²) in [6.45, 7) is 10.9. The van der Waals surface area contributed by atoms with Crippen LogP contribution in [-0.4, -0.2) is 10.3 Å². The van der Waals surface area contributed by atoms with Gasteiger partial charge in [0.25, 0.3) is 0 Å². The predicted octanol–water partition coefficient (Wildman–Crippen LogP) is 2.07. The fourth-order valence-corrected chi connectivity index (χ4v) is 2.79. The van der Waals surface area contributed by atoms with Crippen LogP contribution in [0.4, 0.5) is 0 Å². The third kappa shape index (κ3) is 0.775. The highest BCUT2D eigenvalue weighted by molar-refractivity contribution is 7.82. The molecule has 1 aliphatic carbocycles. The molecule has 66 valence electrons. The molecule has 2 N–H and O–H groups in total. The second kappa shape index (κ2) is 1.97. The maximum Gasteiger partial charge on any atom is 0.0327 e. The van der Waals surface area contributed by atoms with Crippen LogP contribution in [0.2, 0.25) is 0 Å². The molecule has 0 aliphatic heterocycles. The second-order valence-electron chi connectivity index (χ2n) is 4.79. The maximum atomic E-state index is 6.19. The molecule has 3 unspecified atom stereocenters. The van der Waals surface area contributed by atoms with Crippen molar-refractivity contribution >= 4 is 12.6 Å². The first-order chi connectivity index (χ1) is 4.65. The van der Waals surface area contributed by atoms with Gasteiger partial charge in [-0.1, -0.05) is 20.8 Å². The minimum atomic E-state index is -0.150. The van der Waals surface area contributed by atoms with Crippen molar-refractivity contribution in [2.45, 2.75) is 44.9 Å². The third-order valence-corrected chi connectivity index (χ3v) is 5.17. The number of hydrogen-bond donors (Lipinski definition) is 2. The Morgan fingerprint density at radius 3 is 1.64 bits per heavy atom. The Kier molecular flexibility index (Phi) is 1.68. The average Bonchev–Trinajstić information content (AvgIpc) is 1.84. The van der Waals surface area contributed by atoms with Gasteiger partial charge in [0.2, 0.25) is 0 Å². The standard InChI is InChI=1S/C9H19NS/c1-6-7(2,3)9(5,10)8(6,4)11/h6,11H,10H2,1-5H3. The van der Waals surface area contributed by atoms with Gasteiger partial charge in [0.15, 0.2) is 0 Å². The number of thiol groups is 1. The lowest BCUT2D eigenvalue weighted by Crippen LogP contribution is -2.78. The molecule has 1 nitrogen and oxygen atoms in total. The SMILES string of the molecule is CC1C(C)(C)C(C)(N)C1(C)S. The first-order valence-corrected chi connectivity index (χ1v) is 4.61. The summed E-state index contributed by atoms with van der Waals surface area (Å²) >= 11 is 4.61. The van der Waals surface area contributed by atoms with Crippen molar-refractivity contribution in [3.8, 4) is 0 Å². The molecule has 1 fully saturated rings. The van der Waals surface area contributed by atoms with Crippen LogP contribution in [0, 0.1) is 11.3 Å². The van der Waals surface area contributed by atoms with Gasteiger partial charge >= 0.3 is 0 Å². The first-order valence-electron chi connectivity index (χ1n) is 4.17. The van der Waals surface area contributed by atoms with E-state index in [4.69, 9.17) is 5.73 Å². The van der Waals surface area contributed by atoms with Crippen molar-refractivity contribution in [2.24, 2.45) is 17.1 Å². The summed E-state index contributed by atoms with van der Waals surface area (Å²) in [7, 11) is 0. The minimum Gasteiger partial charge on any atom is -0.324 e. The zero-order chi connectivity index (χ0) is 9.08. The minimum absolute atomic E-state index is 0.0174. The Labute approximate surface area is 75.1 Å². The second-order valence-corrected chi connectivity index (χ2v) is 5.72. The van der Waals surface area contributed by atoms with Crippen molar-refractivity contribution in [3.05, 3.63) is 0 Å². The van der Waals surface area contributed by atoms with Gasteiger partial charge in [-0.15, -0.1) is 0 Å². The molecule has 11 heavy (non-hydrogen) atoms. The highest BCUT2D eigenvalue weighted by atomic mass is 32.1. The van der Waals surface area contributed by atoms with Crippen molar-refractivity contribution in [2.75, 3.05) is 0 Å². The van der Waals surface area contributed by atoms with Crippen LogP contribution < -0.4 is 5.73 Å². The summed E-state index contributed by atoms with van der Waals surface area (Å²) < 4.78 is -0.0174. The van der Waals surface area contributed by atoms with E-state index in [2.05, 4.69) is 47.2 Å². The Balaban J connectivity index is 2.98. The molecule has 0 aromatic carbocycles. The summed E-state index contributed by atoms with van der Waals surface area (Å²) in [5, 5.41) is 0. The fourth-order valence-electron chi connectivity index (χ4n) is 2.18. The molecule has 0 bridgehead atoms. The number of nitrogens with two attached hydrogens (primary N) is 1. The normalized spacial score (nSPS) is 55.4. The van der Waals surface area contributed by atoms with Gasteiger partial charge in [-0.3, -0.25) is 0 Å². The lowest BCUT2D eigenvalue weighted by atomic mass is 9.45. The summed E-state index contributed by atoms with van der Waals surface area (Å²) in [6.07, 6.45) is 0. The van der Waals surface area contributed by atoms with E-state index in [0.717, 1.165) is 0 Å². The zero-order valence-electron chi connectivity index (χ0n) is 8.10. The maximum absolute atomic E-state index is 6.19. The van der Waals surface area contributed by atoms with Crippen LogP contribution in [0.25, 0.3) is 0 Å². The Hall–Kier alpha value is 0.310. The molecule has 0 amide bonds. The van der Waals surface area contributed by atoms with Gasteiger partial charge in [-0.05, 0) is 25.2 Å². The first kappa shape index (κ1) is 9.40. The van der Waals surface area contributed by atoms with Gasteiger partial charge in [-0.2, -0.15) is 12.6 Å². The van der Waals surface area contributed by atoms with Crippen LogP contribution in [0.15, 0.2) is 0 Å². The van der Waals surface area contributed by atoms with E-state index in [9.17, 15) is 0 Å². The monoisotopic (exact) mass is 173 g/mol. The van der Waals surface area contributed by atoms with E-state index < -0.39 is 0 Å². The van der Waals surface area contributed by atoms with Crippen molar-refractivity contribution in [3.63, 3.8) is 0 Å². The third-order valence-electron chi connectivity index (χ3n) is 4.32. The zero-order valence-corrected chi connectivity index (χ0v) is 9.00. The molecular weight excluding hydrogens is 154 g/mol. The predicted molar refractivity (Wildman–Crippen MR) is 52.9 cm³/mol. The van der Waals surface area contributed by atoms with Crippen molar-refractivity contribution in [1.29, 1.82) is 0 Å². The van der Waals surface area contributed by atoms with Crippen LogP contribution >= 0.6 is 12.6 Å². The molecule has 2 heteroatoms. The molecule has 1 saturated carbocycles. The van der Waals surface area contributed by atoms with Crippen LogP contribution in [0.1, 0.15) is 34.6 Å². The average molecular weight is 173 g/mol. The lowest BCUT2D eigenvalue weighted by molar-refractivity contribution is -0.0640.